The first-order chi connectivity index (χ1) is 8.49. The molecule has 1 aliphatic rings. The Morgan fingerprint density at radius 3 is 3.00 bits per heavy atom. The molecule has 0 radical (unpaired) electrons. The minimum atomic E-state index is -3.55. The summed E-state index contributed by atoms with van der Waals surface area (Å²) >= 11 is 0. The smallest absolute Gasteiger partial charge is 0.259 e. The van der Waals surface area contributed by atoms with Crippen molar-refractivity contribution in [3.63, 3.8) is 0 Å². The number of nitrogens with one attached hydrogen (secondary N) is 2. The summed E-state index contributed by atoms with van der Waals surface area (Å²) < 4.78 is 33.6. The van der Waals surface area contributed by atoms with Crippen molar-refractivity contribution in [2.75, 3.05) is 26.2 Å². The van der Waals surface area contributed by atoms with Crippen LogP contribution in [0.4, 0.5) is 0 Å². The fourth-order valence-electron chi connectivity index (χ4n) is 1.68. The van der Waals surface area contributed by atoms with Crippen LogP contribution in [0.3, 0.4) is 0 Å². The quantitative estimate of drug-likeness (QED) is 0.735. The largest absolute Gasteiger partial charge is 0.374 e. The maximum Gasteiger partial charge on any atom is 0.259 e. The molecule has 0 amide bonds. The zero-order chi connectivity index (χ0) is 13.2. The maximum absolute atomic E-state index is 12.0. The Balaban J connectivity index is 1.98. The molecule has 0 aromatic carbocycles. The monoisotopic (exact) mass is 274 g/mol. The number of aryl methyl sites for hydroxylation is 2. The molecule has 2 rings (SSSR count). The molecular formula is C10H18N4O3S. The Labute approximate surface area is 107 Å². The normalized spacial score (nSPS) is 21.1. The summed E-state index contributed by atoms with van der Waals surface area (Å²) in [5.41, 5.74) is 0. The Hall–Kier alpha value is -0.960. The highest BCUT2D eigenvalue weighted by Gasteiger charge is 2.21. The van der Waals surface area contributed by atoms with E-state index in [0.29, 0.717) is 19.0 Å². The lowest BCUT2D eigenvalue weighted by Gasteiger charge is -2.23. The van der Waals surface area contributed by atoms with Gasteiger partial charge in [0.25, 0.3) is 10.0 Å². The Bertz CT molecular complexity index is 486. The molecule has 1 unspecified atom stereocenters. The second-order valence-corrected chi connectivity index (χ2v) is 6.00. The van der Waals surface area contributed by atoms with Gasteiger partial charge in [0.05, 0.1) is 12.7 Å². The number of aromatic nitrogens is 2. The first kappa shape index (κ1) is 13.5. The lowest BCUT2D eigenvalue weighted by molar-refractivity contribution is 0.0324. The predicted octanol–water partition coefficient (Wildman–Crippen LogP) is -1.00. The molecule has 1 saturated heterocycles. The van der Waals surface area contributed by atoms with Crippen LogP contribution in [0.1, 0.15) is 5.82 Å². The molecule has 0 aliphatic carbocycles. The van der Waals surface area contributed by atoms with Gasteiger partial charge in [-0.2, -0.15) is 0 Å². The van der Waals surface area contributed by atoms with E-state index in [9.17, 15) is 8.42 Å². The van der Waals surface area contributed by atoms with Crippen LogP contribution in [0.25, 0.3) is 0 Å². The summed E-state index contributed by atoms with van der Waals surface area (Å²) in [5.74, 6) is 0.658. The molecule has 0 spiro atoms. The molecule has 18 heavy (non-hydrogen) atoms. The summed E-state index contributed by atoms with van der Waals surface area (Å²) in [6, 6.07) is 0. The Kier molecular flexibility index (Phi) is 4.00. The van der Waals surface area contributed by atoms with Crippen LogP contribution in [0, 0.1) is 6.92 Å². The molecule has 1 aromatic heterocycles. The van der Waals surface area contributed by atoms with Crippen molar-refractivity contribution in [3.05, 3.63) is 12.0 Å². The zero-order valence-corrected chi connectivity index (χ0v) is 11.3. The van der Waals surface area contributed by atoms with Gasteiger partial charge in [0, 0.05) is 32.9 Å². The number of hydrogen-bond donors (Lipinski definition) is 2. The zero-order valence-electron chi connectivity index (χ0n) is 10.5. The third-order valence-electron chi connectivity index (χ3n) is 2.87. The van der Waals surface area contributed by atoms with Gasteiger partial charge in [0.15, 0.2) is 5.03 Å². The van der Waals surface area contributed by atoms with Crippen LogP contribution in [-0.2, 0) is 21.8 Å². The number of sulfonamides is 1. The third kappa shape index (κ3) is 3.08. The topological polar surface area (TPSA) is 85.2 Å². The lowest BCUT2D eigenvalue weighted by atomic mass is 10.3. The van der Waals surface area contributed by atoms with E-state index in [2.05, 4.69) is 15.0 Å². The molecule has 1 fully saturated rings. The fourth-order valence-corrected chi connectivity index (χ4v) is 2.79. The molecule has 0 bridgehead atoms. The van der Waals surface area contributed by atoms with E-state index in [-0.39, 0.29) is 17.7 Å². The SMILES string of the molecule is Cc1nc(S(=O)(=O)NCC2CNCCO2)cn1C. The van der Waals surface area contributed by atoms with Crippen molar-refractivity contribution in [2.45, 2.75) is 18.1 Å². The molecule has 7 nitrogen and oxygen atoms in total. The van der Waals surface area contributed by atoms with Gasteiger partial charge in [-0.25, -0.2) is 18.1 Å². The highest BCUT2D eigenvalue weighted by atomic mass is 32.2. The number of imidazole rings is 1. The second-order valence-electron chi connectivity index (χ2n) is 4.29. The maximum atomic E-state index is 12.0. The van der Waals surface area contributed by atoms with Gasteiger partial charge in [-0.3, -0.25) is 0 Å². The molecule has 1 aliphatic heterocycles. The number of hydrogen-bond acceptors (Lipinski definition) is 5. The summed E-state index contributed by atoms with van der Waals surface area (Å²) in [5, 5.41) is 3.19. The standard InChI is InChI=1S/C10H18N4O3S/c1-8-13-10(7-14(8)2)18(15,16)12-6-9-5-11-3-4-17-9/h7,9,11-12H,3-6H2,1-2H3. The van der Waals surface area contributed by atoms with Gasteiger partial charge in [0.1, 0.15) is 5.82 Å². The van der Waals surface area contributed by atoms with E-state index >= 15 is 0 Å². The van der Waals surface area contributed by atoms with Crippen molar-refractivity contribution in [1.82, 2.24) is 19.6 Å². The van der Waals surface area contributed by atoms with Crippen molar-refractivity contribution >= 4 is 10.0 Å². The van der Waals surface area contributed by atoms with Crippen molar-refractivity contribution in [1.29, 1.82) is 0 Å². The Morgan fingerprint density at radius 2 is 2.44 bits per heavy atom. The van der Waals surface area contributed by atoms with Crippen LogP contribution in [0.2, 0.25) is 0 Å². The highest BCUT2D eigenvalue weighted by Crippen LogP contribution is 2.07. The second kappa shape index (κ2) is 5.35. The van der Waals surface area contributed by atoms with Crippen molar-refractivity contribution < 1.29 is 13.2 Å². The molecular weight excluding hydrogens is 256 g/mol. The van der Waals surface area contributed by atoms with Gasteiger partial charge in [-0.05, 0) is 6.92 Å². The summed E-state index contributed by atoms with van der Waals surface area (Å²) in [6.45, 7) is 4.08. The van der Waals surface area contributed by atoms with Crippen LogP contribution in [-0.4, -0.2) is 50.3 Å². The number of nitrogens with zero attached hydrogens (tertiary/aromatic N) is 2. The van der Waals surface area contributed by atoms with Gasteiger partial charge in [-0.15, -0.1) is 0 Å². The summed E-state index contributed by atoms with van der Waals surface area (Å²) in [7, 11) is -1.79. The van der Waals surface area contributed by atoms with Gasteiger partial charge >= 0.3 is 0 Å². The Morgan fingerprint density at radius 1 is 1.67 bits per heavy atom. The number of ether oxygens (including phenoxy) is 1. The summed E-state index contributed by atoms with van der Waals surface area (Å²) in [4.78, 5) is 4.00. The molecule has 102 valence electrons. The average molecular weight is 274 g/mol. The van der Waals surface area contributed by atoms with Crippen LogP contribution < -0.4 is 10.0 Å². The van der Waals surface area contributed by atoms with E-state index < -0.39 is 10.0 Å². The van der Waals surface area contributed by atoms with E-state index in [0.717, 1.165) is 6.54 Å². The van der Waals surface area contributed by atoms with Gasteiger partial charge in [-0.1, -0.05) is 0 Å². The average Bonchev–Trinajstić information content (AvgIpc) is 2.70. The first-order valence-corrected chi connectivity index (χ1v) is 7.29. The van der Waals surface area contributed by atoms with E-state index in [1.807, 2.05) is 0 Å². The van der Waals surface area contributed by atoms with E-state index in [4.69, 9.17) is 4.74 Å². The molecule has 2 N–H and O–H groups in total. The highest BCUT2D eigenvalue weighted by molar-refractivity contribution is 7.89. The number of morpholine rings is 1. The number of rotatable bonds is 4. The van der Waals surface area contributed by atoms with Crippen molar-refractivity contribution in [2.24, 2.45) is 7.05 Å². The third-order valence-corrected chi connectivity index (χ3v) is 4.16. The van der Waals surface area contributed by atoms with Gasteiger partial charge in [0.2, 0.25) is 0 Å². The minimum Gasteiger partial charge on any atom is -0.374 e. The van der Waals surface area contributed by atoms with Gasteiger partial charge < -0.3 is 14.6 Å². The van der Waals surface area contributed by atoms with Crippen LogP contribution >= 0.6 is 0 Å². The molecule has 0 saturated carbocycles. The first-order valence-electron chi connectivity index (χ1n) is 5.81. The van der Waals surface area contributed by atoms with E-state index in [1.54, 1.807) is 18.5 Å². The molecule has 1 atom stereocenters. The molecule has 8 heteroatoms. The molecule has 1 aromatic rings. The van der Waals surface area contributed by atoms with Crippen LogP contribution in [0.15, 0.2) is 11.2 Å². The molecule has 2 heterocycles. The predicted molar refractivity (Wildman–Crippen MR) is 65.7 cm³/mol. The summed E-state index contributed by atoms with van der Waals surface area (Å²) in [6.07, 6.45) is 1.37. The van der Waals surface area contributed by atoms with Crippen LogP contribution in [0.5, 0.6) is 0 Å². The van der Waals surface area contributed by atoms with E-state index in [1.165, 1.54) is 6.20 Å². The lowest BCUT2D eigenvalue weighted by Crippen LogP contribution is -2.45. The minimum absolute atomic E-state index is 0.0475. The van der Waals surface area contributed by atoms with Crippen molar-refractivity contribution in [3.8, 4) is 0 Å². The fraction of sp³-hybridized carbons (Fsp3) is 0.700.